The lowest BCUT2D eigenvalue weighted by atomic mass is 9.84. The van der Waals surface area contributed by atoms with Crippen molar-refractivity contribution in [3.8, 4) is 0 Å². The van der Waals surface area contributed by atoms with Crippen LogP contribution in [0, 0.1) is 35.5 Å². The topological polar surface area (TPSA) is 0 Å². The van der Waals surface area contributed by atoms with E-state index in [9.17, 15) is 0 Å². The molecule has 0 radical (unpaired) electrons. The molecule has 6 unspecified atom stereocenters. The molecule has 19 heavy (non-hydrogen) atoms. The van der Waals surface area contributed by atoms with Crippen LogP contribution < -0.4 is 0 Å². The van der Waals surface area contributed by atoms with Crippen LogP contribution >= 0.6 is 0 Å². The van der Waals surface area contributed by atoms with Crippen molar-refractivity contribution in [1.82, 2.24) is 0 Å². The molecule has 0 heterocycles. The third kappa shape index (κ3) is 4.36. The zero-order valence-corrected chi connectivity index (χ0v) is 13.6. The minimum Gasteiger partial charge on any atom is -0.0880 e. The van der Waals surface area contributed by atoms with Gasteiger partial charge < -0.3 is 0 Å². The summed E-state index contributed by atoms with van der Waals surface area (Å²) in [7, 11) is 0. The Kier molecular flexibility index (Phi) is 5.54. The molecule has 0 nitrogen and oxygen atoms in total. The smallest absolute Gasteiger partial charge is 0.0202 e. The van der Waals surface area contributed by atoms with Crippen LogP contribution in [-0.4, -0.2) is 0 Å². The Morgan fingerprint density at radius 3 is 2.68 bits per heavy atom. The van der Waals surface area contributed by atoms with Crippen molar-refractivity contribution < 1.29 is 0 Å². The molecule has 0 heteroatoms. The van der Waals surface area contributed by atoms with Gasteiger partial charge in [0.2, 0.25) is 0 Å². The standard InChI is InChI=1S/C19H34/c1-5-14(2)9-11-17-8-6-7-15(3)16(4)10-12-18-13-19(17)18/h6,8,14-19H,5,7,9-13H2,1-4H3. The molecule has 2 aliphatic rings. The minimum atomic E-state index is 0.877. The zero-order valence-electron chi connectivity index (χ0n) is 13.6. The highest BCUT2D eigenvalue weighted by molar-refractivity contribution is 5.02. The van der Waals surface area contributed by atoms with Crippen molar-refractivity contribution in [2.24, 2.45) is 35.5 Å². The van der Waals surface area contributed by atoms with E-state index in [1.54, 1.807) is 0 Å². The van der Waals surface area contributed by atoms with Gasteiger partial charge in [-0.05, 0) is 61.2 Å². The van der Waals surface area contributed by atoms with E-state index < -0.39 is 0 Å². The van der Waals surface area contributed by atoms with Crippen LogP contribution in [0.5, 0.6) is 0 Å². The molecule has 0 N–H and O–H groups in total. The fourth-order valence-electron chi connectivity index (χ4n) is 3.72. The second-order valence-electron chi connectivity index (χ2n) is 7.61. The molecule has 0 amide bonds. The van der Waals surface area contributed by atoms with Gasteiger partial charge in [-0.25, -0.2) is 0 Å². The van der Waals surface area contributed by atoms with Crippen molar-refractivity contribution in [3.05, 3.63) is 12.2 Å². The van der Waals surface area contributed by atoms with Gasteiger partial charge in [0.05, 0.1) is 0 Å². The third-order valence-corrected chi connectivity index (χ3v) is 6.07. The molecule has 1 saturated carbocycles. The number of hydrogen-bond donors (Lipinski definition) is 0. The molecule has 6 atom stereocenters. The molecule has 0 aromatic carbocycles. The Balaban J connectivity index is 1.91. The highest BCUT2D eigenvalue weighted by Crippen LogP contribution is 2.50. The van der Waals surface area contributed by atoms with Crippen LogP contribution in [0.25, 0.3) is 0 Å². The lowest BCUT2D eigenvalue weighted by molar-refractivity contribution is 0.333. The van der Waals surface area contributed by atoms with E-state index in [1.807, 2.05) is 0 Å². The molecule has 0 aliphatic heterocycles. The summed E-state index contributed by atoms with van der Waals surface area (Å²) in [6, 6.07) is 0. The maximum Gasteiger partial charge on any atom is -0.0202 e. The van der Waals surface area contributed by atoms with Crippen molar-refractivity contribution >= 4 is 0 Å². The summed E-state index contributed by atoms with van der Waals surface area (Å²) in [5, 5.41) is 0. The summed E-state index contributed by atoms with van der Waals surface area (Å²) in [6.45, 7) is 9.64. The Morgan fingerprint density at radius 1 is 1.16 bits per heavy atom. The average Bonchev–Trinajstić information content (AvgIpc) is 3.18. The quantitative estimate of drug-likeness (QED) is 0.539. The Bertz CT molecular complexity index is 290. The van der Waals surface area contributed by atoms with Gasteiger partial charge in [-0.1, -0.05) is 59.1 Å². The first-order valence-corrected chi connectivity index (χ1v) is 8.78. The van der Waals surface area contributed by atoms with Crippen LogP contribution in [0.2, 0.25) is 0 Å². The lowest BCUT2D eigenvalue weighted by Gasteiger charge is -2.21. The largest absolute Gasteiger partial charge is 0.0880 e. The predicted molar refractivity (Wildman–Crippen MR) is 85.1 cm³/mol. The number of allylic oxidation sites excluding steroid dienone is 2. The molecule has 1 fully saturated rings. The van der Waals surface area contributed by atoms with E-state index in [2.05, 4.69) is 39.8 Å². The summed E-state index contributed by atoms with van der Waals surface area (Å²) < 4.78 is 0. The Morgan fingerprint density at radius 2 is 1.95 bits per heavy atom. The molecular weight excluding hydrogens is 228 g/mol. The summed E-state index contributed by atoms with van der Waals surface area (Å²) in [5.74, 6) is 5.73. The Labute approximate surface area is 121 Å². The SMILES string of the molecule is CCC(C)CCC1C=CCC(C)C(C)CCC2CC12. The van der Waals surface area contributed by atoms with Crippen LogP contribution in [0.1, 0.15) is 72.6 Å². The highest BCUT2D eigenvalue weighted by Gasteiger charge is 2.41. The van der Waals surface area contributed by atoms with Gasteiger partial charge in [-0.15, -0.1) is 0 Å². The van der Waals surface area contributed by atoms with Gasteiger partial charge in [0.15, 0.2) is 0 Å². The Hall–Kier alpha value is -0.260. The molecule has 0 aromatic rings. The lowest BCUT2D eigenvalue weighted by Crippen LogP contribution is -2.11. The molecule has 2 aliphatic carbocycles. The zero-order chi connectivity index (χ0) is 13.8. The molecule has 0 bridgehead atoms. The molecule has 0 aromatic heterocycles. The molecule has 0 spiro atoms. The molecule has 110 valence electrons. The molecule has 2 rings (SSSR count). The average molecular weight is 262 g/mol. The van der Waals surface area contributed by atoms with Crippen LogP contribution in [0.4, 0.5) is 0 Å². The minimum absolute atomic E-state index is 0.877. The maximum absolute atomic E-state index is 2.60. The van der Waals surface area contributed by atoms with Crippen LogP contribution in [0.3, 0.4) is 0 Å². The van der Waals surface area contributed by atoms with Crippen LogP contribution in [-0.2, 0) is 0 Å². The molecule has 0 saturated heterocycles. The van der Waals surface area contributed by atoms with E-state index in [4.69, 9.17) is 0 Å². The maximum atomic E-state index is 2.60. The second kappa shape index (κ2) is 6.95. The van der Waals surface area contributed by atoms with E-state index in [-0.39, 0.29) is 0 Å². The first kappa shape index (κ1) is 15.1. The van der Waals surface area contributed by atoms with Crippen molar-refractivity contribution in [2.75, 3.05) is 0 Å². The fraction of sp³-hybridized carbons (Fsp3) is 0.895. The molecular formula is C19H34. The van der Waals surface area contributed by atoms with E-state index >= 15 is 0 Å². The normalized spacial score (nSPS) is 40.5. The van der Waals surface area contributed by atoms with E-state index in [1.165, 1.54) is 44.9 Å². The van der Waals surface area contributed by atoms with Gasteiger partial charge >= 0.3 is 0 Å². The summed E-state index contributed by atoms with van der Waals surface area (Å²) in [4.78, 5) is 0. The number of rotatable bonds is 4. The summed E-state index contributed by atoms with van der Waals surface area (Å²) >= 11 is 0. The second-order valence-corrected chi connectivity index (χ2v) is 7.61. The van der Waals surface area contributed by atoms with Gasteiger partial charge in [0.1, 0.15) is 0 Å². The first-order chi connectivity index (χ1) is 9.11. The fourth-order valence-corrected chi connectivity index (χ4v) is 3.72. The number of fused-ring (bicyclic) bond motifs is 1. The van der Waals surface area contributed by atoms with Gasteiger partial charge in [0, 0.05) is 0 Å². The van der Waals surface area contributed by atoms with E-state index in [0.29, 0.717) is 0 Å². The highest BCUT2D eigenvalue weighted by atomic mass is 14.5. The predicted octanol–water partition coefficient (Wildman–Crippen LogP) is 6.08. The third-order valence-electron chi connectivity index (χ3n) is 6.07. The van der Waals surface area contributed by atoms with Gasteiger partial charge in [-0.2, -0.15) is 0 Å². The van der Waals surface area contributed by atoms with Crippen molar-refractivity contribution in [1.29, 1.82) is 0 Å². The summed E-state index contributed by atoms with van der Waals surface area (Å²) in [6.07, 6.45) is 15.1. The first-order valence-electron chi connectivity index (χ1n) is 8.78. The van der Waals surface area contributed by atoms with Gasteiger partial charge in [0.25, 0.3) is 0 Å². The summed E-state index contributed by atoms with van der Waals surface area (Å²) in [5.41, 5.74) is 0. The van der Waals surface area contributed by atoms with Gasteiger partial charge in [-0.3, -0.25) is 0 Å². The van der Waals surface area contributed by atoms with Crippen molar-refractivity contribution in [2.45, 2.75) is 72.6 Å². The number of hydrogen-bond acceptors (Lipinski definition) is 0. The van der Waals surface area contributed by atoms with Crippen molar-refractivity contribution in [3.63, 3.8) is 0 Å². The monoisotopic (exact) mass is 262 g/mol. The van der Waals surface area contributed by atoms with E-state index in [0.717, 1.165) is 35.5 Å². The van der Waals surface area contributed by atoms with Crippen LogP contribution in [0.15, 0.2) is 12.2 Å².